The van der Waals surface area contributed by atoms with Crippen LogP contribution in [0.1, 0.15) is 25.0 Å². The monoisotopic (exact) mass is 276 g/mol. The second-order valence-electron chi connectivity index (χ2n) is 3.73. The topological polar surface area (TPSA) is 26.3 Å². The molecule has 6 heteroatoms. The number of hydrogen-bond donors (Lipinski definition) is 0. The summed E-state index contributed by atoms with van der Waals surface area (Å²) in [6, 6.07) is 3.88. The third-order valence-corrected chi connectivity index (χ3v) is 2.43. The molecule has 0 spiro atoms. The molecule has 104 valence electrons. The van der Waals surface area contributed by atoms with Crippen LogP contribution >= 0.6 is 0 Å². The minimum atomic E-state index is -4.45. The average molecular weight is 276 g/mol. The van der Waals surface area contributed by atoms with E-state index in [9.17, 15) is 22.4 Å². The van der Waals surface area contributed by atoms with E-state index in [0.717, 1.165) is 24.3 Å². The van der Waals surface area contributed by atoms with E-state index in [2.05, 4.69) is 4.74 Å². The van der Waals surface area contributed by atoms with Gasteiger partial charge in [-0.2, -0.15) is 17.6 Å². The van der Waals surface area contributed by atoms with Crippen LogP contribution in [0.3, 0.4) is 0 Å². The first-order valence-corrected chi connectivity index (χ1v) is 5.48. The van der Waals surface area contributed by atoms with Crippen molar-refractivity contribution in [3.63, 3.8) is 0 Å². The van der Waals surface area contributed by atoms with Gasteiger partial charge in [0.15, 0.2) is 0 Å². The van der Waals surface area contributed by atoms with E-state index < -0.39 is 23.5 Å². The number of benzene rings is 1. The van der Waals surface area contributed by atoms with E-state index in [0.29, 0.717) is 0 Å². The van der Waals surface area contributed by atoms with Crippen LogP contribution in [0.25, 0.3) is 5.57 Å². The van der Waals surface area contributed by atoms with E-state index in [4.69, 9.17) is 0 Å². The van der Waals surface area contributed by atoms with Crippen LogP contribution in [0.5, 0.6) is 0 Å². The summed E-state index contributed by atoms with van der Waals surface area (Å²) in [5, 5.41) is 0. The Kier molecular flexibility index (Phi) is 4.69. The van der Waals surface area contributed by atoms with E-state index in [1.165, 1.54) is 13.8 Å². The lowest BCUT2D eigenvalue weighted by atomic mass is 10.0. The largest absolute Gasteiger partial charge is 0.461 e. The van der Waals surface area contributed by atoms with Crippen molar-refractivity contribution in [3.8, 4) is 0 Å². The standard InChI is InChI=1S/C13H12F4O2/c1-3-19-12(18)11(14)8(2)9-4-6-10(7-5-9)13(15,16)17/h4-7H,3H2,1-2H3/b11-8-. The molecule has 0 saturated heterocycles. The third kappa shape index (κ3) is 3.81. The Morgan fingerprint density at radius 2 is 1.74 bits per heavy atom. The summed E-state index contributed by atoms with van der Waals surface area (Å²) in [4.78, 5) is 11.1. The van der Waals surface area contributed by atoms with Crippen LogP contribution in [0.4, 0.5) is 17.6 Å². The van der Waals surface area contributed by atoms with Crippen molar-refractivity contribution in [2.24, 2.45) is 0 Å². The lowest BCUT2D eigenvalue weighted by Crippen LogP contribution is -2.06. The van der Waals surface area contributed by atoms with Gasteiger partial charge in [0.25, 0.3) is 0 Å². The van der Waals surface area contributed by atoms with Crippen molar-refractivity contribution in [1.82, 2.24) is 0 Å². The number of carbonyl (C=O) groups excluding carboxylic acids is 1. The van der Waals surface area contributed by atoms with Gasteiger partial charge < -0.3 is 4.74 Å². The van der Waals surface area contributed by atoms with Crippen LogP contribution < -0.4 is 0 Å². The number of halogens is 4. The maximum Gasteiger partial charge on any atom is 0.416 e. The molecule has 0 heterocycles. The van der Waals surface area contributed by atoms with Crippen molar-refractivity contribution in [2.75, 3.05) is 6.61 Å². The van der Waals surface area contributed by atoms with Crippen molar-refractivity contribution >= 4 is 11.5 Å². The van der Waals surface area contributed by atoms with Gasteiger partial charge in [-0.05, 0) is 37.1 Å². The number of rotatable bonds is 3. The molecule has 0 aliphatic carbocycles. The minimum Gasteiger partial charge on any atom is -0.461 e. The van der Waals surface area contributed by atoms with Crippen LogP contribution in [-0.4, -0.2) is 12.6 Å². The van der Waals surface area contributed by atoms with Gasteiger partial charge in [-0.3, -0.25) is 0 Å². The smallest absolute Gasteiger partial charge is 0.416 e. The molecule has 19 heavy (non-hydrogen) atoms. The molecule has 0 aliphatic rings. The lowest BCUT2D eigenvalue weighted by molar-refractivity contribution is -0.140. The van der Waals surface area contributed by atoms with Crippen LogP contribution in [0.2, 0.25) is 0 Å². The molecule has 1 rings (SSSR count). The Labute approximate surface area is 107 Å². The Morgan fingerprint density at radius 3 is 2.16 bits per heavy atom. The van der Waals surface area contributed by atoms with E-state index in [-0.39, 0.29) is 17.7 Å². The number of esters is 1. The van der Waals surface area contributed by atoms with Crippen LogP contribution in [-0.2, 0) is 15.7 Å². The third-order valence-electron chi connectivity index (χ3n) is 2.43. The highest BCUT2D eigenvalue weighted by Gasteiger charge is 2.30. The zero-order valence-electron chi connectivity index (χ0n) is 10.3. The van der Waals surface area contributed by atoms with Crippen LogP contribution in [0.15, 0.2) is 30.1 Å². The van der Waals surface area contributed by atoms with Crippen molar-refractivity contribution in [2.45, 2.75) is 20.0 Å². The number of ether oxygens (including phenoxy) is 1. The van der Waals surface area contributed by atoms with Gasteiger partial charge in [0.1, 0.15) is 0 Å². The Balaban J connectivity index is 3.04. The molecule has 0 unspecified atom stereocenters. The predicted octanol–water partition coefficient (Wildman–Crippen LogP) is 3.97. The maximum absolute atomic E-state index is 13.6. The fraction of sp³-hybridized carbons (Fsp3) is 0.308. The van der Waals surface area contributed by atoms with E-state index in [1.807, 2.05) is 0 Å². The molecule has 0 aliphatic heterocycles. The molecule has 0 saturated carbocycles. The zero-order chi connectivity index (χ0) is 14.6. The quantitative estimate of drug-likeness (QED) is 0.474. The molecule has 0 N–H and O–H groups in total. The fourth-order valence-corrected chi connectivity index (χ4v) is 1.38. The van der Waals surface area contributed by atoms with Gasteiger partial charge in [-0.15, -0.1) is 0 Å². The first-order valence-electron chi connectivity index (χ1n) is 5.48. The summed E-state index contributed by atoms with van der Waals surface area (Å²) in [6.07, 6.45) is -4.45. The van der Waals surface area contributed by atoms with E-state index in [1.54, 1.807) is 0 Å². The number of carbonyl (C=O) groups is 1. The molecule has 0 amide bonds. The molecule has 2 nitrogen and oxygen atoms in total. The van der Waals surface area contributed by atoms with Gasteiger partial charge >= 0.3 is 12.1 Å². The maximum atomic E-state index is 13.6. The number of allylic oxidation sites excluding steroid dienone is 1. The summed E-state index contributed by atoms with van der Waals surface area (Å²) in [5.41, 5.74) is -0.702. The first kappa shape index (κ1) is 15.2. The van der Waals surface area contributed by atoms with Crippen molar-refractivity contribution < 1.29 is 27.1 Å². The van der Waals surface area contributed by atoms with E-state index >= 15 is 0 Å². The van der Waals surface area contributed by atoms with Gasteiger partial charge in [-0.25, -0.2) is 4.79 Å². The molecular formula is C13H12F4O2. The summed E-state index contributed by atoms with van der Waals surface area (Å²) in [7, 11) is 0. The minimum absolute atomic E-state index is 0.0204. The highest BCUT2D eigenvalue weighted by molar-refractivity contribution is 5.94. The van der Waals surface area contributed by atoms with Crippen molar-refractivity contribution in [1.29, 1.82) is 0 Å². The molecule has 0 radical (unpaired) electrons. The Bertz CT molecular complexity index is 486. The summed E-state index contributed by atoms with van der Waals surface area (Å²) in [5.74, 6) is -2.23. The van der Waals surface area contributed by atoms with Gasteiger partial charge in [0, 0.05) is 0 Å². The van der Waals surface area contributed by atoms with Gasteiger partial charge in [-0.1, -0.05) is 12.1 Å². The highest BCUT2D eigenvalue weighted by Crippen LogP contribution is 2.30. The Hall–Kier alpha value is -1.85. The SMILES string of the molecule is CCOC(=O)/C(F)=C(\C)c1ccc(C(F)(F)F)cc1. The number of hydrogen-bond acceptors (Lipinski definition) is 2. The molecule has 0 bridgehead atoms. The molecule has 0 atom stereocenters. The number of alkyl halides is 3. The summed E-state index contributed by atoms with van der Waals surface area (Å²) in [6.45, 7) is 2.85. The normalized spacial score (nSPS) is 12.9. The second-order valence-corrected chi connectivity index (χ2v) is 3.73. The average Bonchev–Trinajstić information content (AvgIpc) is 2.36. The summed E-state index contributed by atoms with van der Waals surface area (Å²) >= 11 is 0. The second kappa shape index (κ2) is 5.86. The fourth-order valence-electron chi connectivity index (χ4n) is 1.38. The zero-order valence-corrected chi connectivity index (χ0v) is 10.3. The molecule has 1 aromatic carbocycles. The highest BCUT2D eigenvalue weighted by atomic mass is 19.4. The molecular weight excluding hydrogens is 264 g/mol. The van der Waals surface area contributed by atoms with Crippen LogP contribution in [0, 0.1) is 0 Å². The lowest BCUT2D eigenvalue weighted by Gasteiger charge is -2.08. The Morgan fingerprint density at radius 1 is 1.21 bits per heavy atom. The van der Waals surface area contributed by atoms with Gasteiger partial charge in [0.2, 0.25) is 5.83 Å². The summed E-state index contributed by atoms with van der Waals surface area (Å²) < 4.78 is 55.1. The van der Waals surface area contributed by atoms with Crippen molar-refractivity contribution in [3.05, 3.63) is 41.2 Å². The first-order chi connectivity index (χ1) is 8.77. The molecule has 0 aromatic heterocycles. The predicted molar refractivity (Wildman–Crippen MR) is 61.8 cm³/mol. The molecule has 0 fully saturated rings. The molecule has 1 aromatic rings. The van der Waals surface area contributed by atoms with Gasteiger partial charge in [0.05, 0.1) is 12.2 Å².